The van der Waals surface area contributed by atoms with Gasteiger partial charge >= 0.3 is 0 Å². The Labute approximate surface area is 135 Å². The number of nitrogens with zero attached hydrogens (tertiary/aromatic N) is 1. The lowest BCUT2D eigenvalue weighted by Crippen LogP contribution is -2.07. The molecule has 6 nitrogen and oxygen atoms in total. The lowest BCUT2D eigenvalue weighted by molar-refractivity contribution is -0.385. The normalized spacial score (nSPS) is 11.2. The summed E-state index contributed by atoms with van der Waals surface area (Å²) in [4.78, 5) is 10.6. The van der Waals surface area contributed by atoms with Crippen LogP contribution in [0.15, 0.2) is 42.5 Å². The van der Waals surface area contributed by atoms with Crippen LogP contribution in [0.25, 0.3) is 0 Å². The Morgan fingerprint density at radius 2 is 1.74 bits per heavy atom. The number of sulfone groups is 1. The zero-order valence-electron chi connectivity index (χ0n) is 12.9. The predicted molar refractivity (Wildman–Crippen MR) is 90.1 cm³/mol. The molecular weight excluding hydrogens is 316 g/mol. The van der Waals surface area contributed by atoms with E-state index < -0.39 is 14.8 Å². The minimum absolute atomic E-state index is 0.0279. The van der Waals surface area contributed by atoms with Gasteiger partial charge in [0.1, 0.15) is 0 Å². The Morgan fingerprint density at radius 1 is 1.09 bits per heavy atom. The van der Waals surface area contributed by atoms with E-state index in [1.807, 2.05) is 13.0 Å². The monoisotopic (exact) mass is 334 g/mol. The van der Waals surface area contributed by atoms with E-state index in [4.69, 9.17) is 0 Å². The summed E-state index contributed by atoms with van der Waals surface area (Å²) in [5, 5.41) is 14.2. The maximum absolute atomic E-state index is 11.5. The van der Waals surface area contributed by atoms with E-state index in [0.717, 1.165) is 16.8 Å². The number of anilines is 1. The van der Waals surface area contributed by atoms with Crippen molar-refractivity contribution in [1.29, 1.82) is 0 Å². The van der Waals surface area contributed by atoms with Crippen LogP contribution in [0.5, 0.6) is 0 Å². The fourth-order valence-corrected chi connectivity index (χ4v) is 3.22. The number of hydrogen-bond donors (Lipinski definition) is 1. The van der Waals surface area contributed by atoms with Gasteiger partial charge in [0.15, 0.2) is 9.84 Å². The highest BCUT2D eigenvalue weighted by Gasteiger charge is 2.13. The predicted octanol–water partition coefficient (Wildman–Crippen LogP) is 3.06. The molecule has 2 aromatic carbocycles. The van der Waals surface area contributed by atoms with E-state index in [-0.39, 0.29) is 11.4 Å². The highest BCUT2D eigenvalue weighted by molar-refractivity contribution is 7.89. The molecule has 2 aromatic rings. The summed E-state index contributed by atoms with van der Waals surface area (Å²) < 4.78 is 22.9. The summed E-state index contributed by atoms with van der Waals surface area (Å²) in [7, 11) is -3.12. The molecule has 0 spiro atoms. The van der Waals surface area contributed by atoms with Crippen molar-refractivity contribution in [2.45, 2.75) is 19.2 Å². The fraction of sp³-hybridized carbons (Fsp3) is 0.250. The van der Waals surface area contributed by atoms with Crippen molar-refractivity contribution < 1.29 is 13.3 Å². The first-order valence-corrected chi connectivity index (χ1v) is 9.06. The van der Waals surface area contributed by atoms with Gasteiger partial charge in [0.05, 0.1) is 10.7 Å². The summed E-state index contributed by atoms with van der Waals surface area (Å²) in [5.41, 5.74) is 2.95. The molecule has 23 heavy (non-hydrogen) atoms. The lowest BCUT2D eigenvalue weighted by atomic mass is 10.1. The van der Waals surface area contributed by atoms with Gasteiger partial charge in [-0.15, -0.1) is 0 Å². The summed E-state index contributed by atoms with van der Waals surface area (Å²) >= 11 is 0. The highest BCUT2D eigenvalue weighted by atomic mass is 32.2. The number of nitrogens with one attached hydrogen (secondary N) is 1. The topological polar surface area (TPSA) is 89.3 Å². The third-order valence-electron chi connectivity index (χ3n) is 3.52. The van der Waals surface area contributed by atoms with Crippen LogP contribution in [0, 0.1) is 17.0 Å². The molecule has 0 amide bonds. The van der Waals surface area contributed by atoms with Gasteiger partial charge in [-0.2, -0.15) is 0 Å². The van der Waals surface area contributed by atoms with Gasteiger partial charge in [-0.25, -0.2) is 8.42 Å². The number of rotatable bonds is 6. The number of benzene rings is 2. The molecule has 7 heteroatoms. The second kappa shape index (κ2) is 6.78. The first-order chi connectivity index (χ1) is 10.8. The maximum Gasteiger partial charge on any atom is 0.274 e. The van der Waals surface area contributed by atoms with Crippen LogP contribution in [0.4, 0.5) is 11.4 Å². The van der Waals surface area contributed by atoms with Crippen LogP contribution in [0.3, 0.4) is 0 Å². The molecule has 0 unspecified atom stereocenters. The molecule has 0 aliphatic rings. The SMILES string of the molecule is Cc1c(CS(C)(=O)=O)cccc1NCc1ccccc1[N+](=O)[O-]. The average Bonchev–Trinajstić information content (AvgIpc) is 2.47. The standard InChI is InChI=1S/C16H18N2O4S/c1-12-14(11-23(2,21)22)7-5-8-15(12)17-10-13-6-3-4-9-16(13)18(19)20/h3-9,17H,10-11H2,1-2H3. The molecule has 0 aliphatic heterocycles. The summed E-state index contributed by atoms with van der Waals surface area (Å²) in [6.45, 7) is 2.13. The van der Waals surface area contributed by atoms with E-state index >= 15 is 0 Å². The Kier molecular flexibility index (Phi) is 5.00. The van der Waals surface area contributed by atoms with E-state index in [1.54, 1.807) is 30.3 Å². The number of nitro groups is 1. The molecular formula is C16H18N2O4S. The van der Waals surface area contributed by atoms with Gasteiger partial charge in [0.25, 0.3) is 5.69 Å². The Hall–Kier alpha value is -2.41. The quantitative estimate of drug-likeness (QED) is 0.648. The van der Waals surface area contributed by atoms with Crippen molar-refractivity contribution in [2.24, 2.45) is 0 Å². The minimum atomic E-state index is -3.12. The molecule has 1 N–H and O–H groups in total. The molecule has 122 valence electrons. The van der Waals surface area contributed by atoms with Crippen molar-refractivity contribution in [3.8, 4) is 0 Å². The molecule has 0 bridgehead atoms. The highest BCUT2D eigenvalue weighted by Crippen LogP contribution is 2.23. The molecule has 0 aliphatic carbocycles. The van der Waals surface area contributed by atoms with Crippen molar-refractivity contribution in [3.63, 3.8) is 0 Å². The molecule has 2 rings (SSSR count). The Bertz CT molecular complexity index is 832. The fourth-order valence-electron chi connectivity index (χ4n) is 2.34. The summed E-state index contributed by atoms with van der Waals surface area (Å²) in [6, 6.07) is 11.9. The van der Waals surface area contributed by atoms with Gasteiger partial charge in [0.2, 0.25) is 0 Å². The van der Waals surface area contributed by atoms with E-state index in [1.165, 1.54) is 12.3 Å². The van der Waals surface area contributed by atoms with Crippen LogP contribution >= 0.6 is 0 Å². The molecule has 0 aromatic heterocycles. The van der Waals surface area contributed by atoms with Crippen molar-refractivity contribution in [2.75, 3.05) is 11.6 Å². The molecule has 0 heterocycles. The van der Waals surface area contributed by atoms with Crippen LogP contribution in [0.1, 0.15) is 16.7 Å². The Balaban J connectivity index is 2.22. The second-order valence-electron chi connectivity index (χ2n) is 5.40. The van der Waals surface area contributed by atoms with Crippen LogP contribution in [-0.2, 0) is 22.1 Å². The first kappa shape index (κ1) is 17.0. The molecule has 0 atom stereocenters. The molecule has 0 saturated heterocycles. The van der Waals surface area contributed by atoms with Gasteiger partial charge in [-0.1, -0.05) is 30.3 Å². The third kappa shape index (κ3) is 4.53. The lowest BCUT2D eigenvalue weighted by Gasteiger charge is -2.13. The summed E-state index contributed by atoms with van der Waals surface area (Å²) in [5.74, 6) is -0.0279. The zero-order valence-corrected chi connectivity index (χ0v) is 13.8. The third-order valence-corrected chi connectivity index (χ3v) is 4.36. The first-order valence-electron chi connectivity index (χ1n) is 7.00. The number of para-hydroxylation sites is 1. The Morgan fingerprint density at radius 3 is 2.39 bits per heavy atom. The van der Waals surface area contributed by atoms with Crippen LogP contribution in [0.2, 0.25) is 0 Å². The van der Waals surface area contributed by atoms with Gasteiger partial charge in [-0.05, 0) is 24.1 Å². The zero-order chi connectivity index (χ0) is 17.0. The van der Waals surface area contributed by atoms with Gasteiger partial charge in [0, 0.05) is 30.1 Å². The van der Waals surface area contributed by atoms with Crippen molar-refractivity contribution >= 4 is 21.2 Å². The largest absolute Gasteiger partial charge is 0.380 e. The van der Waals surface area contributed by atoms with Crippen LogP contribution in [-0.4, -0.2) is 19.6 Å². The maximum atomic E-state index is 11.5. The second-order valence-corrected chi connectivity index (χ2v) is 7.54. The molecule has 0 fully saturated rings. The summed E-state index contributed by atoms with van der Waals surface area (Å²) in [6.07, 6.45) is 1.19. The van der Waals surface area contributed by atoms with Crippen molar-refractivity contribution in [1.82, 2.24) is 0 Å². The number of hydrogen-bond acceptors (Lipinski definition) is 5. The van der Waals surface area contributed by atoms with E-state index in [0.29, 0.717) is 12.1 Å². The minimum Gasteiger partial charge on any atom is -0.380 e. The van der Waals surface area contributed by atoms with Crippen molar-refractivity contribution in [3.05, 3.63) is 69.3 Å². The average molecular weight is 334 g/mol. The molecule has 0 radical (unpaired) electrons. The smallest absolute Gasteiger partial charge is 0.274 e. The van der Waals surface area contributed by atoms with E-state index in [9.17, 15) is 18.5 Å². The molecule has 0 saturated carbocycles. The van der Waals surface area contributed by atoms with Gasteiger partial charge < -0.3 is 5.32 Å². The van der Waals surface area contributed by atoms with E-state index in [2.05, 4.69) is 5.32 Å². The van der Waals surface area contributed by atoms with Crippen LogP contribution < -0.4 is 5.32 Å². The number of nitro benzene ring substituents is 1. The van der Waals surface area contributed by atoms with Gasteiger partial charge in [-0.3, -0.25) is 10.1 Å².